The number of hydrogen-bond donors (Lipinski definition) is 3. The molecule has 0 saturated carbocycles. The number of anilines is 3. The number of nitrogens with one attached hydrogen (secondary N) is 3. The van der Waals surface area contributed by atoms with E-state index in [1.807, 2.05) is 0 Å². The molecule has 1 fully saturated rings. The summed E-state index contributed by atoms with van der Waals surface area (Å²) in [5, 5.41) is 8.39. The van der Waals surface area contributed by atoms with Gasteiger partial charge in [-0.1, -0.05) is 6.07 Å². The third-order valence-corrected chi connectivity index (χ3v) is 5.46. The number of carbonyl (C=O) groups is 1. The first-order valence-electron chi connectivity index (χ1n) is 11.0. The Morgan fingerprint density at radius 3 is 2.51 bits per heavy atom. The van der Waals surface area contributed by atoms with Gasteiger partial charge in [0.1, 0.15) is 17.9 Å². The molecule has 0 bridgehead atoms. The maximum absolute atomic E-state index is 13.1. The van der Waals surface area contributed by atoms with Crippen molar-refractivity contribution in [2.24, 2.45) is 0 Å². The van der Waals surface area contributed by atoms with Crippen molar-refractivity contribution in [3.63, 3.8) is 0 Å². The SMILES string of the molecule is Cc1ccc(NC(=O)Nc2ccc(Oc3cc(N4CCN[C@H](C)C4)ncn3)cc2)cc1C(F)(F)F. The average Bonchev–Trinajstić information content (AvgIpc) is 2.81. The van der Waals surface area contributed by atoms with E-state index in [9.17, 15) is 18.0 Å². The number of alkyl halides is 3. The molecule has 2 amide bonds. The van der Waals surface area contributed by atoms with E-state index in [0.29, 0.717) is 23.4 Å². The van der Waals surface area contributed by atoms with Crippen molar-refractivity contribution < 1.29 is 22.7 Å². The van der Waals surface area contributed by atoms with Gasteiger partial charge in [-0.2, -0.15) is 13.2 Å². The summed E-state index contributed by atoms with van der Waals surface area (Å²) in [5.41, 5.74) is -0.233. The lowest BCUT2D eigenvalue weighted by Gasteiger charge is -2.32. The number of ether oxygens (including phenoxy) is 1. The molecule has 0 aliphatic carbocycles. The van der Waals surface area contributed by atoms with Crippen molar-refractivity contribution in [3.8, 4) is 11.6 Å². The Balaban J connectivity index is 1.36. The van der Waals surface area contributed by atoms with Gasteiger partial charge >= 0.3 is 12.2 Å². The number of rotatable bonds is 5. The highest BCUT2D eigenvalue weighted by Crippen LogP contribution is 2.33. The maximum atomic E-state index is 13.1. The van der Waals surface area contributed by atoms with Gasteiger partial charge in [0.15, 0.2) is 0 Å². The summed E-state index contributed by atoms with van der Waals surface area (Å²) in [4.78, 5) is 22.9. The number of aromatic nitrogens is 2. The molecule has 0 spiro atoms. The maximum Gasteiger partial charge on any atom is 0.416 e. The van der Waals surface area contributed by atoms with E-state index in [0.717, 1.165) is 31.5 Å². The zero-order chi connectivity index (χ0) is 25.0. The van der Waals surface area contributed by atoms with E-state index in [1.165, 1.54) is 25.4 Å². The fourth-order valence-electron chi connectivity index (χ4n) is 3.72. The summed E-state index contributed by atoms with van der Waals surface area (Å²) >= 11 is 0. The highest BCUT2D eigenvalue weighted by Gasteiger charge is 2.32. The molecule has 11 heteroatoms. The molecule has 8 nitrogen and oxygen atoms in total. The van der Waals surface area contributed by atoms with Crippen LogP contribution in [0.5, 0.6) is 11.6 Å². The predicted molar refractivity (Wildman–Crippen MR) is 127 cm³/mol. The van der Waals surface area contributed by atoms with E-state index in [2.05, 4.69) is 37.7 Å². The summed E-state index contributed by atoms with van der Waals surface area (Å²) in [6, 6.07) is 11.6. The zero-order valence-corrected chi connectivity index (χ0v) is 19.2. The second kappa shape index (κ2) is 10.2. The van der Waals surface area contributed by atoms with Crippen LogP contribution >= 0.6 is 0 Å². The topological polar surface area (TPSA) is 91.4 Å². The van der Waals surface area contributed by atoms with Gasteiger partial charge in [0.2, 0.25) is 5.88 Å². The fraction of sp³-hybridized carbons (Fsp3) is 0.292. The third kappa shape index (κ3) is 6.38. The minimum absolute atomic E-state index is 0.0406. The van der Waals surface area contributed by atoms with Crippen molar-refractivity contribution in [2.75, 3.05) is 35.2 Å². The molecule has 1 saturated heterocycles. The lowest BCUT2D eigenvalue weighted by atomic mass is 10.1. The van der Waals surface area contributed by atoms with Gasteiger partial charge in [-0.25, -0.2) is 14.8 Å². The third-order valence-electron chi connectivity index (χ3n) is 5.46. The first-order chi connectivity index (χ1) is 16.7. The van der Waals surface area contributed by atoms with Crippen LogP contribution in [-0.4, -0.2) is 41.7 Å². The normalized spacial score (nSPS) is 16.0. The molecular formula is C24H25F3N6O2. The molecular weight excluding hydrogens is 461 g/mol. The molecule has 1 aliphatic heterocycles. The van der Waals surface area contributed by atoms with Crippen LogP contribution in [-0.2, 0) is 6.18 Å². The number of benzene rings is 2. The number of aryl methyl sites for hydroxylation is 1. The minimum atomic E-state index is -4.50. The summed E-state index contributed by atoms with van der Waals surface area (Å²) in [5.74, 6) is 1.67. The molecule has 35 heavy (non-hydrogen) atoms. The van der Waals surface area contributed by atoms with E-state index in [4.69, 9.17) is 4.74 Å². The van der Waals surface area contributed by atoms with Crippen LogP contribution in [0.25, 0.3) is 0 Å². The van der Waals surface area contributed by atoms with E-state index in [-0.39, 0.29) is 11.3 Å². The summed E-state index contributed by atoms with van der Waals surface area (Å²) < 4.78 is 45.1. The lowest BCUT2D eigenvalue weighted by Crippen LogP contribution is -2.49. The highest BCUT2D eigenvalue weighted by molar-refractivity contribution is 5.99. The number of urea groups is 1. The fourth-order valence-corrected chi connectivity index (χ4v) is 3.72. The largest absolute Gasteiger partial charge is 0.439 e. The molecule has 0 unspecified atom stereocenters. The van der Waals surface area contributed by atoms with Gasteiger partial charge in [-0.05, 0) is 55.8 Å². The van der Waals surface area contributed by atoms with Crippen LogP contribution in [0.1, 0.15) is 18.1 Å². The average molecular weight is 486 g/mol. The van der Waals surface area contributed by atoms with Crippen molar-refractivity contribution >= 4 is 23.2 Å². The monoisotopic (exact) mass is 486 g/mol. The Hall–Kier alpha value is -3.86. The Morgan fingerprint density at radius 2 is 1.80 bits per heavy atom. The standard InChI is InChI=1S/C24H25F3N6O2/c1-15-3-4-18(11-20(15)24(25,26)27)32-23(34)31-17-5-7-19(8-6-17)35-22-12-21(29-14-30-22)33-10-9-28-16(2)13-33/h3-8,11-12,14,16,28H,9-10,13H2,1-2H3,(H2,31,32,34)/t16-/m1/s1. The van der Waals surface area contributed by atoms with Crippen LogP contribution in [0.4, 0.5) is 35.2 Å². The molecule has 2 aromatic carbocycles. The molecule has 1 aliphatic rings. The van der Waals surface area contributed by atoms with Crippen molar-refractivity contribution in [1.82, 2.24) is 15.3 Å². The molecule has 1 atom stereocenters. The van der Waals surface area contributed by atoms with Crippen LogP contribution in [0.2, 0.25) is 0 Å². The van der Waals surface area contributed by atoms with Crippen molar-refractivity contribution in [3.05, 3.63) is 66.0 Å². The molecule has 0 radical (unpaired) electrons. The second-order valence-electron chi connectivity index (χ2n) is 8.25. The number of nitrogens with zero attached hydrogens (tertiary/aromatic N) is 3. The number of carbonyl (C=O) groups excluding carboxylic acids is 1. The number of piperazine rings is 1. The lowest BCUT2D eigenvalue weighted by molar-refractivity contribution is -0.138. The van der Waals surface area contributed by atoms with Gasteiger partial charge < -0.3 is 25.6 Å². The Kier molecular flexibility index (Phi) is 7.06. The van der Waals surface area contributed by atoms with Crippen LogP contribution in [0.15, 0.2) is 54.9 Å². The van der Waals surface area contributed by atoms with E-state index >= 15 is 0 Å². The molecule has 2 heterocycles. The molecule has 1 aromatic heterocycles. The van der Waals surface area contributed by atoms with Gasteiger partial charge in [0, 0.05) is 43.1 Å². The second-order valence-corrected chi connectivity index (χ2v) is 8.25. The van der Waals surface area contributed by atoms with Crippen molar-refractivity contribution in [1.29, 1.82) is 0 Å². The van der Waals surface area contributed by atoms with Crippen LogP contribution < -0.4 is 25.6 Å². The zero-order valence-electron chi connectivity index (χ0n) is 19.2. The Morgan fingerprint density at radius 1 is 1.09 bits per heavy atom. The van der Waals surface area contributed by atoms with Gasteiger partial charge in [0.25, 0.3) is 0 Å². The van der Waals surface area contributed by atoms with Gasteiger partial charge in [-0.3, -0.25) is 0 Å². The highest BCUT2D eigenvalue weighted by atomic mass is 19.4. The van der Waals surface area contributed by atoms with E-state index < -0.39 is 17.8 Å². The summed E-state index contributed by atoms with van der Waals surface area (Å²) in [7, 11) is 0. The quantitative estimate of drug-likeness (QED) is 0.468. The van der Waals surface area contributed by atoms with Crippen LogP contribution in [0, 0.1) is 6.92 Å². The number of halogens is 3. The first kappa shape index (κ1) is 24.3. The van der Waals surface area contributed by atoms with Crippen molar-refractivity contribution in [2.45, 2.75) is 26.1 Å². The number of hydrogen-bond acceptors (Lipinski definition) is 6. The van der Waals surface area contributed by atoms with Crippen LogP contribution in [0.3, 0.4) is 0 Å². The first-order valence-corrected chi connectivity index (χ1v) is 11.0. The summed E-state index contributed by atoms with van der Waals surface area (Å²) in [6.45, 7) is 6.02. The molecule has 4 rings (SSSR count). The molecule has 184 valence electrons. The molecule has 3 N–H and O–H groups in total. The number of amides is 2. The Bertz CT molecular complexity index is 1190. The Labute approximate surface area is 200 Å². The van der Waals surface area contributed by atoms with Gasteiger partial charge in [0.05, 0.1) is 5.56 Å². The minimum Gasteiger partial charge on any atom is -0.439 e. The predicted octanol–water partition coefficient (Wildman–Crippen LogP) is 5.04. The molecule has 3 aromatic rings. The van der Waals surface area contributed by atoms with E-state index in [1.54, 1.807) is 30.3 Å². The summed E-state index contributed by atoms with van der Waals surface area (Å²) in [6.07, 6.45) is -3.05. The smallest absolute Gasteiger partial charge is 0.416 e. The van der Waals surface area contributed by atoms with Gasteiger partial charge in [-0.15, -0.1) is 0 Å².